The van der Waals surface area contributed by atoms with E-state index in [1.807, 2.05) is 6.07 Å². The molecule has 1 aliphatic rings. The van der Waals surface area contributed by atoms with Gasteiger partial charge in [0.1, 0.15) is 6.10 Å². The van der Waals surface area contributed by atoms with Crippen molar-refractivity contribution in [3.05, 3.63) is 0 Å². The SMILES string of the molecule is N#C[C@@H](O)C1CCCCC1. The summed E-state index contributed by atoms with van der Waals surface area (Å²) in [4.78, 5) is 0. The highest BCUT2D eigenvalue weighted by molar-refractivity contribution is 4.88. The van der Waals surface area contributed by atoms with Crippen LogP contribution in [-0.4, -0.2) is 11.2 Å². The van der Waals surface area contributed by atoms with Gasteiger partial charge in [-0.05, 0) is 18.8 Å². The number of rotatable bonds is 1. The molecule has 1 aliphatic carbocycles. The first-order chi connectivity index (χ1) is 4.84. The molecule has 0 aromatic rings. The molecule has 1 N–H and O–H groups in total. The van der Waals surface area contributed by atoms with Crippen molar-refractivity contribution in [2.24, 2.45) is 5.92 Å². The Bertz CT molecular complexity index is 133. The minimum atomic E-state index is -0.708. The van der Waals surface area contributed by atoms with Crippen LogP contribution in [0.25, 0.3) is 0 Å². The summed E-state index contributed by atoms with van der Waals surface area (Å²) in [6.07, 6.45) is 5.01. The second kappa shape index (κ2) is 3.58. The van der Waals surface area contributed by atoms with Crippen LogP contribution in [0.1, 0.15) is 32.1 Å². The third kappa shape index (κ3) is 1.71. The Morgan fingerprint density at radius 1 is 1.30 bits per heavy atom. The van der Waals surface area contributed by atoms with E-state index in [4.69, 9.17) is 10.4 Å². The van der Waals surface area contributed by atoms with Crippen molar-refractivity contribution in [3.8, 4) is 6.07 Å². The molecule has 0 bridgehead atoms. The van der Waals surface area contributed by atoms with Crippen molar-refractivity contribution in [2.75, 3.05) is 0 Å². The number of aliphatic hydroxyl groups is 1. The number of aliphatic hydroxyl groups excluding tert-OH is 1. The van der Waals surface area contributed by atoms with E-state index in [-0.39, 0.29) is 5.92 Å². The van der Waals surface area contributed by atoms with Crippen molar-refractivity contribution in [1.82, 2.24) is 0 Å². The van der Waals surface area contributed by atoms with Crippen LogP contribution in [0.4, 0.5) is 0 Å². The first kappa shape index (κ1) is 7.56. The molecule has 1 atom stereocenters. The van der Waals surface area contributed by atoms with Gasteiger partial charge in [0, 0.05) is 0 Å². The second-order valence-electron chi connectivity index (χ2n) is 2.97. The van der Waals surface area contributed by atoms with Crippen LogP contribution in [0, 0.1) is 17.2 Å². The Labute approximate surface area is 61.5 Å². The predicted molar refractivity (Wildman–Crippen MR) is 38.2 cm³/mol. The van der Waals surface area contributed by atoms with Crippen molar-refractivity contribution in [3.63, 3.8) is 0 Å². The predicted octanol–water partition coefficient (Wildman–Crippen LogP) is 1.45. The highest BCUT2D eigenvalue weighted by Crippen LogP contribution is 2.25. The molecule has 1 saturated carbocycles. The summed E-state index contributed by atoms with van der Waals surface area (Å²) < 4.78 is 0. The molecule has 0 spiro atoms. The van der Waals surface area contributed by atoms with Gasteiger partial charge in [0.25, 0.3) is 0 Å². The van der Waals surface area contributed by atoms with E-state index in [0.29, 0.717) is 0 Å². The van der Waals surface area contributed by atoms with Gasteiger partial charge in [0.05, 0.1) is 6.07 Å². The average molecular weight is 139 g/mol. The fraction of sp³-hybridized carbons (Fsp3) is 0.875. The van der Waals surface area contributed by atoms with Crippen molar-refractivity contribution in [1.29, 1.82) is 5.26 Å². The molecule has 0 aromatic carbocycles. The van der Waals surface area contributed by atoms with E-state index >= 15 is 0 Å². The van der Waals surface area contributed by atoms with Gasteiger partial charge < -0.3 is 5.11 Å². The Morgan fingerprint density at radius 2 is 1.90 bits per heavy atom. The lowest BCUT2D eigenvalue weighted by Gasteiger charge is -2.21. The summed E-state index contributed by atoms with van der Waals surface area (Å²) in [5.74, 6) is 0.263. The highest BCUT2D eigenvalue weighted by atomic mass is 16.3. The molecule has 10 heavy (non-hydrogen) atoms. The Kier molecular flexibility index (Phi) is 2.70. The summed E-state index contributed by atoms with van der Waals surface area (Å²) in [5.41, 5.74) is 0. The van der Waals surface area contributed by atoms with Gasteiger partial charge >= 0.3 is 0 Å². The summed E-state index contributed by atoms with van der Waals surface area (Å²) in [6.45, 7) is 0. The van der Waals surface area contributed by atoms with Crippen molar-refractivity contribution in [2.45, 2.75) is 38.2 Å². The lowest BCUT2D eigenvalue weighted by atomic mass is 9.86. The zero-order valence-electron chi connectivity index (χ0n) is 6.08. The van der Waals surface area contributed by atoms with Crippen molar-refractivity contribution < 1.29 is 5.11 Å². The molecule has 0 unspecified atom stereocenters. The Morgan fingerprint density at radius 3 is 2.40 bits per heavy atom. The summed E-state index contributed by atoms with van der Waals surface area (Å²) >= 11 is 0. The molecule has 0 amide bonds. The maximum atomic E-state index is 9.12. The summed E-state index contributed by atoms with van der Waals surface area (Å²) in [6, 6.07) is 1.89. The van der Waals surface area contributed by atoms with Gasteiger partial charge in [-0.2, -0.15) is 5.26 Å². The average Bonchev–Trinajstić information content (AvgIpc) is 2.05. The number of nitrogens with zero attached hydrogens (tertiary/aromatic N) is 1. The zero-order valence-corrected chi connectivity index (χ0v) is 6.08. The number of nitriles is 1. The molecule has 0 saturated heterocycles. The van der Waals surface area contributed by atoms with Crippen LogP contribution < -0.4 is 0 Å². The smallest absolute Gasteiger partial charge is 0.143 e. The van der Waals surface area contributed by atoms with Gasteiger partial charge in [0.15, 0.2) is 0 Å². The van der Waals surface area contributed by atoms with Gasteiger partial charge in [0.2, 0.25) is 0 Å². The molecule has 2 heteroatoms. The van der Waals surface area contributed by atoms with Crippen LogP contribution in [-0.2, 0) is 0 Å². The third-order valence-corrected chi connectivity index (χ3v) is 2.23. The van der Waals surface area contributed by atoms with Gasteiger partial charge in [-0.1, -0.05) is 19.3 Å². The van der Waals surface area contributed by atoms with E-state index in [1.54, 1.807) is 0 Å². The first-order valence-corrected chi connectivity index (χ1v) is 3.92. The summed E-state index contributed by atoms with van der Waals surface area (Å²) in [7, 11) is 0. The normalized spacial score (nSPS) is 23.6. The van der Waals surface area contributed by atoms with Gasteiger partial charge in [-0.3, -0.25) is 0 Å². The highest BCUT2D eigenvalue weighted by Gasteiger charge is 2.20. The van der Waals surface area contributed by atoms with Crippen LogP contribution in [0.15, 0.2) is 0 Å². The topological polar surface area (TPSA) is 44.0 Å². The lowest BCUT2D eigenvalue weighted by Crippen LogP contribution is -2.20. The zero-order chi connectivity index (χ0) is 7.40. The quantitative estimate of drug-likeness (QED) is 0.559. The minimum Gasteiger partial charge on any atom is -0.378 e. The van der Waals surface area contributed by atoms with Gasteiger partial charge in [-0.15, -0.1) is 0 Å². The molecule has 0 aromatic heterocycles. The Hall–Kier alpha value is -0.550. The fourth-order valence-electron chi connectivity index (χ4n) is 1.56. The third-order valence-electron chi connectivity index (χ3n) is 2.23. The monoisotopic (exact) mass is 139 g/mol. The van der Waals surface area contributed by atoms with E-state index in [0.717, 1.165) is 12.8 Å². The molecule has 1 rings (SSSR count). The number of hydrogen-bond donors (Lipinski definition) is 1. The van der Waals surface area contributed by atoms with Gasteiger partial charge in [-0.25, -0.2) is 0 Å². The van der Waals surface area contributed by atoms with E-state index in [2.05, 4.69) is 0 Å². The fourth-order valence-corrected chi connectivity index (χ4v) is 1.56. The summed E-state index contributed by atoms with van der Waals surface area (Å²) in [5, 5.41) is 17.5. The number of hydrogen-bond acceptors (Lipinski definition) is 2. The molecule has 56 valence electrons. The van der Waals surface area contributed by atoms with Crippen LogP contribution in [0.3, 0.4) is 0 Å². The van der Waals surface area contributed by atoms with Crippen LogP contribution in [0.5, 0.6) is 0 Å². The van der Waals surface area contributed by atoms with E-state index in [9.17, 15) is 0 Å². The van der Waals surface area contributed by atoms with Crippen LogP contribution in [0.2, 0.25) is 0 Å². The maximum absolute atomic E-state index is 9.12. The first-order valence-electron chi connectivity index (χ1n) is 3.92. The molecule has 2 nitrogen and oxygen atoms in total. The molecule has 1 fully saturated rings. The minimum absolute atomic E-state index is 0.263. The standard InChI is InChI=1S/C8H13NO/c9-6-8(10)7-4-2-1-3-5-7/h7-8,10H,1-5H2/t8-/m1/s1. The van der Waals surface area contributed by atoms with Crippen molar-refractivity contribution >= 4 is 0 Å². The molecule has 0 heterocycles. The molecular formula is C8H13NO. The second-order valence-corrected chi connectivity index (χ2v) is 2.97. The maximum Gasteiger partial charge on any atom is 0.143 e. The van der Waals surface area contributed by atoms with E-state index in [1.165, 1.54) is 19.3 Å². The lowest BCUT2D eigenvalue weighted by molar-refractivity contribution is 0.131. The molecular weight excluding hydrogens is 126 g/mol. The largest absolute Gasteiger partial charge is 0.378 e. The van der Waals surface area contributed by atoms with E-state index < -0.39 is 6.10 Å². The Balaban J connectivity index is 2.33. The van der Waals surface area contributed by atoms with Crippen LogP contribution >= 0.6 is 0 Å². The molecule has 0 radical (unpaired) electrons. The molecule has 0 aliphatic heterocycles.